The molecule has 0 nitrogen and oxygen atoms in total. The minimum Gasteiger partial charge on any atom is -0.168 e. The summed E-state index contributed by atoms with van der Waals surface area (Å²) in [4.78, 5) is 0. The van der Waals surface area contributed by atoms with Crippen LogP contribution in [0.25, 0.3) is 0 Å². The Balaban J connectivity index is 5.81. The molecule has 0 aliphatic carbocycles. The van der Waals surface area contributed by atoms with Crippen molar-refractivity contribution >= 4 is 12.6 Å². The zero-order valence-electron chi connectivity index (χ0n) is 12.1. The molecular formula is C16H26S. The van der Waals surface area contributed by atoms with Gasteiger partial charge in [-0.2, -0.15) is 12.6 Å². The lowest BCUT2D eigenvalue weighted by molar-refractivity contribution is 0.536. The van der Waals surface area contributed by atoms with Gasteiger partial charge in [0, 0.05) is 10.2 Å². The van der Waals surface area contributed by atoms with Crippen molar-refractivity contribution in [3.8, 4) is 0 Å². The lowest BCUT2D eigenvalue weighted by Gasteiger charge is -2.35. The predicted molar refractivity (Wildman–Crippen MR) is 83.7 cm³/mol. The molecule has 0 radical (unpaired) electrons. The maximum Gasteiger partial charge on any atom is 0.0321 e. The third-order valence-electron chi connectivity index (χ3n) is 3.26. The molecule has 0 rings (SSSR count). The minimum absolute atomic E-state index is 0.0734. The lowest BCUT2D eigenvalue weighted by atomic mass is 9.72. The number of hydrogen-bond donors (Lipinski definition) is 1. The molecule has 1 heteroatoms. The van der Waals surface area contributed by atoms with Gasteiger partial charge in [-0.15, -0.1) is 0 Å². The third kappa shape index (κ3) is 3.92. The van der Waals surface area contributed by atoms with Crippen molar-refractivity contribution < 1.29 is 0 Å². The van der Waals surface area contributed by atoms with Gasteiger partial charge >= 0.3 is 0 Å². The molecular weight excluding hydrogens is 224 g/mol. The molecule has 0 aromatic heterocycles. The zero-order chi connectivity index (χ0) is 13.9. The highest BCUT2D eigenvalue weighted by Gasteiger charge is 2.31. The van der Waals surface area contributed by atoms with Gasteiger partial charge in [-0.3, -0.25) is 0 Å². The van der Waals surface area contributed by atoms with Crippen molar-refractivity contribution in [2.75, 3.05) is 0 Å². The quantitative estimate of drug-likeness (QED) is 0.379. The maximum absolute atomic E-state index is 4.69. The Morgan fingerprint density at radius 3 is 1.82 bits per heavy atom. The number of hydrogen-bond acceptors (Lipinski definition) is 1. The van der Waals surface area contributed by atoms with Gasteiger partial charge in [0.2, 0.25) is 0 Å². The predicted octanol–water partition coefficient (Wildman–Crippen LogP) is 5.36. The van der Waals surface area contributed by atoms with Crippen LogP contribution in [-0.2, 0) is 0 Å². The highest BCUT2D eigenvalue weighted by molar-refractivity contribution is 7.82. The van der Waals surface area contributed by atoms with Gasteiger partial charge in [0.05, 0.1) is 0 Å². The average Bonchev–Trinajstić information content (AvgIpc) is 2.15. The van der Waals surface area contributed by atoms with E-state index in [0.717, 1.165) is 5.57 Å². The highest BCUT2D eigenvalue weighted by Crippen LogP contribution is 2.43. The van der Waals surface area contributed by atoms with Crippen molar-refractivity contribution in [1.82, 2.24) is 0 Å². The molecule has 0 spiro atoms. The second-order valence-electron chi connectivity index (χ2n) is 5.48. The van der Waals surface area contributed by atoms with Gasteiger partial charge in [-0.1, -0.05) is 50.8 Å². The summed E-state index contributed by atoms with van der Waals surface area (Å²) in [5.41, 5.74) is 3.54. The summed E-state index contributed by atoms with van der Waals surface area (Å²) in [7, 11) is 0. The summed E-state index contributed by atoms with van der Waals surface area (Å²) >= 11 is 4.69. The Kier molecular flexibility index (Phi) is 5.54. The molecule has 0 heterocycles. The first-order valence-corrected chi connectivity index (χ1v) is 6.42. The largest absolute Gasteiger partial charge is 0.168 e. The maximum atomic E-state index is 4.69. The standard InChI is InChI=1S/C16H26S/c1-9-11-14(15(5,6)12(3)4)13(10-2)16(7,8)17/h9-11,17H,1,3H2,2,4-8H3/b13-10+,14-11+. The Morgan fingerprint density at radius 2 is 1.59 bits per heavy atom. The normalized spacial score (nSPS) is 14.8. The Bertz CT molecular complexity index is 359. The second-order valence-corrected chi connectivity index (χ2v) is 6.60. The first-order chi connectivity index (χ1) is 7.58. The van der Waals surface area contributed by atoms with Crippen LogP contribution in [0.5, 0.6) is 0 Å². The minimum atomic E-state index is -0.170. The van der Waals surface area contributed by atoms with Crippen molar-refractivity contribution in [2.24, 2.45) is 5.41 Å². The van der Waals surface area contributed by atoms with Crippen LogP contribution >= 0.6 is 12.6 Å². The van der Waals surface area contributed by atoms with Crippen LogP contribution in [0.1, 0.15) is 41.5 Å². The van der Waals surface area contributed by atoms with Crippen molar-refractivity contribution in [3.05, 3.63) is 48.1 Å². The van der Waals surface area contributed by atoms with Crippen LogP contribution in [0.2, 0.25) is 0 Å². The summed E-state index contributed by atoms with van der Waals surface area (Å²) in [6, 6.07) is 0. The van der Waals surface area contributed by atoms with Gasteiger partial charge in [-0.05, 0) is 38.8 Å². The molecule has 96 valence electrons. The first kappa shape index (κ1) is 16.3. The van der Waals surface area contributed by atoms with E-state index < -0.39 is 0 Å². The van der Waals surface area contributed by atoms with Gasteiger partial charge < -0.3 is 0 Å². The van der Waals surface area contributed by atoms with Crippen LogP contribution in [0.15, 0.2) is 48.1 Å². The molecule has 0 unspecified atom stereocenters. The summed E-state index contributed by atoms with van der Waals surface area (Å²) in [6.45, 7) is 20.6. The average molecular weight is 250 g/mol. The van der Waals surface area contributed by atoms with Crippen LogP contribution in [0.3, 0.4) is 0 Å². The molecule has 0 saturated carbocycles. The smallest absolute Gasteiger partial charge is 0.0321 e. The summed E-state index contributed by atoms with van der Waals surface area (Å²) in [5.74, 6) is 0. The van der Waals surface area contributed by atoms with Crippen molar-refractivity contribution in [2.45, 2.75) is 46.3 Å². The molecule has 0 atom stereocenters. The SMILES string of the molecule is C=C/C=C(\C(=C/C)C(C)(C)S)C(C)(C)C(=C)C. The van der Waals surface area contributed by atoms with Gasteiger partial charge in [0.1, 0.15) is 0 Å². The fourth-order valence-electron chi connectivity index (χ4n) is 1.82. The monoisotopic (exact) mass is 250 g/mol. The Hall–Kier alpha value is -0.690. The number of allylic oxidation sites excluding steroid dienone is 5. The number of rotatable bonds is 5. The lowest BCUT2D eigenvalue weighted by Crippen LogP contribution is -2.25. The fourth-order valence-corrected chi connectivity index (χ4v) is 2.07. The molecule has 0 aromatic carbocycles. The third-order valence-corrected chi connectivity index (χ3v) is 3.50. The molecule has 0 saturated heterocycles. The van der Waals surface area contributed by atoms with E-state index in [2.05, 4.69) is 79.5 Å². The van der Waals surface area contributed by atoms with E-state index in [0.29, 0.717) is 0 Å². The Labute approximate surface area is 113 Å². The van der Waals surface area contributed by atoms with Crippen molar-refractivity contribution in [1.29, 1.82) is 0 Å². The first-order valence-electron chi connectivity index (χ1n) is 5.97. The second kappa shape index (κ2) is 5.77. The molecule has 0 bridgehead atoms. The summed E-state index contributed by atoms with van der Waals surface area (Å²) in [6.07, 6.45) is 6.04. The highest BCUT2D eigenvalue weighted by atomic mass is 32.1. The molecule has 17 heavy (non-hydrogen) atoms. The van der Waals surface area contributed by atoms with Crippen LogP contribution < -0.4 is 0 Å². The van der Waals surface area contributed by atoms with Crippen LogP contribution in [0.4, 0.5) is 0 Å². The molecule has 0 N–H and O–H groups in total. The molecule has 0 aromatic rings. The zero-order valence-corrected chi connectivity index (χ0v) is 13.0. The summed E-state index contributed by atoms with van der Waals surface area (Å²) < 4.78 is -0.170. The van der Waals surface area contributed by atoms with Gasteiger partial charge in [0.25, 0.3) is 0 Å². The van der Waals surface area contributed by atoms with Crippen LogP contribution in [0, 0.1) is 5.41 Å². The van der Waals surface area contributed by atoms with E-state index in [9.17, 15) is 0 Å². The Morgan fingerprint density at radius 1 is 1.12 bits per heavy atom. The van der Waals surface area contributed by atoms with Gasteiger partial charge in [-0.25, -0.2) is 0 Å². The van der Waals surface area contributed by atoms with E-state index in [-0.39, 0.29) is 10.2 Å². The van der Waals surface area contributed by atoms with E-state index >= 15 is 0 Å². The number of thiol groups is 1. The molecule has 0 amide bonds. The van der Waals surface area contributed by atoms with Crippen molar-refractivity contribution in [3.63, 3.8) is 0 Å². The topological polar surface area (TPSA) is 0 Å². The van der Waals surface area contributed by atoms with Crippen LogP contribution in [-0.4, -0.2) is 4.75 Å². The summed E-state index contributed by atoms with van der Waals surface area (Å²) in [5, 5.41) is 0. The van der Waals surface area contributed by atoms with E-state index in [1.165, 1.54) is 11.1 Å². The molecule has 0 fully saturated rings. The fraction of sp³-hybridized carbons (Fsp3) is 0.500. The van der Waals surface area contributed by atoms with E-state index in [4.69, 9.17) is 0 Å². The van der Waals surface area contributed by atoms with E-state index in [1.807, 2.05) is 6.08 Å². The molecule has 0 aliphatic rings. The van der Waals surface area contributed by atoms with Gasteiger partial charge in [0.15, 0.2) is 0 Å². The van der Waals surface area contributed by atoms with E-state index in [1.54, 1.807) is 0 Å². The molecule has 0 aliphatic heterocycles.